The van der Waals surface area contributed by atoms with E-state index in [9.17, 15) is 13.2 Å². The van der Waals surface area contributed by atoms with Gasteiger partial charge in [-0.05, 0) is 42.5 Å². The first-order valence-corrected chi connectivity index (χ1v) is 9.06. The van der Waals surface area contributed by atoms with Crippen LogP contribution in [0.25, 0.3) is 0 Å². The number of nitrogens with zero attached hydrogens (tertiary/aromatic N) is 1. The van der Waals surface area contributed by atoms with E-state index in [1.165, 1.54) is 25.3 Å². The number of halogens is 2. The Labute approximate surface area is 148 Å². The third kappa shape index (κ3) is 4.25. The van der Waals surface area contributed by atoms with Crippen LogP contribution in [0.1, 0.15) is 0 Å². The molecule has 0 radical (unpaired) electrons. The highest BCUT2D eigenvalue weighted by Crippen LogP contribution is 2.26. The summed E-state index contributed by atoms with van der Waals surface area (Å²) in [6.45, 7) is -0.449. The van der Waals surface area contributed by atoms with Crippen LogP contribution >= 0.6 is 27.5 Å². The molecule has 0 amide bonds. The molecule has 0 saturated heterocycles. The number of methoxy groups -OCH3 is 1. The second-order valence-electron chi connectivity index (χ2n) is 4.52. The van der Waals surface area contributed by atoms with Gasteiger partial charge in [-0.15, -0.1) is 0 Å². The van der Waals surface area contributed by atoms with E-state index >= 15 is 0 Å². The number of rotatable bonds is 5. The van der Waals surface area contributed by atoms with Crippen LogP contribution in [0, 0.1) is 0 Å². The Morgan fingerprint density at radius 3 is 2.43 bits per heavy atom. The Morgan fingerprint density at radius 1 is 1.22 bits per heavy atom. The minimum absolute atomic E-state index is 0.0598. The van der Waals surface area contributed by atoms with Crippen LogP contribution in [-0.4, -0.2) is 28.0 Å². The van der Waals surface area contributed by atoms with E-state index < -0.39 is 22.5 Å². The van der Waals surface area contributed by atoms with Gasteiger partial charge in [0.2, 0.25) is 0 Å². The van der Waals surface area contributed by atoms with Crippen LogP contribution in [-0.2, 0) is 19.6 Å². The highest BCUT2D eigenvalue weighted by atomic mass is 79.9. The molecular weight excluding hydrogens is 406 g/mol. The standard InChI is InChI=1S/C15H13BrClNO4S/c1-22-15(19)10-18(13-4-2-3-12(17)9-13)23(20,21)14-7-5-11(16)6-8-14/h2-9H,10H2,1H3. The average Bonchev–Trinajstić information content (AvgIpc) is 2.52. The second-order valence-corrected chi connectivity index (χ2v) is 7.74. The molecule has 0 spiro atoms. The van der Waals surface area contributed by atoms with E-state index in [1.54, 1.807) is 30.3 Å². The van der Waals surface area contributed by atoms with Gasteiger partial charge < -0.3 is 4.74 Å². The number of sulfonamides is 1. The summed E-state index contributed by atoms with van der Waals surface area (Å²) >= 11 is 9.19. The van der Waals surface area contributed by atoms with Gasteiger partial charge in [-0.3, -0.25) is 9.10 Å². The smallest absolute Gasteiger partial charge is 0.326 e. The maximum absolute atomic E-state index is 12.9. The Balaban J connectivity index is 2.51. The zero-order chi connectivity index (χ0) is 17.0. The molecule has 2 aromatic rings. The maximum atomic E-state index is 12.9. The first-order valence-electron chi connectivity index (χ1n) is 6.45. The van der Waals surface area contributed by atoms with Crippen molar-refractivity contribution in [2.45, 2.75) is 4.90 Å². The molecule has 2 rings (SSSR count). The van der Waals surface area contributed by atoms with Gasteiger partial charge in [0.25, 0.3) is 10.0 Å². The molecule has 0 bridgehead atoms. The lowest BCUT2D eigenvalue weighted by molar-refractivity contribution is -0.138. The van der Waals surface area contributed by atoms with Gasteiger partial charge in [-0.2, -0.15) is 0 Å². The Kier molecular flexibility index (Phi) is 5.67. The molecule has 0 atom stereocenters. The van der Waals surface area contributed by atoms with E-state index in [2.05, 4.69) is 20.7 Å². The highest BCUT2D eigenvalue weighted by Gasteiger charge is 2.27. The fourth-order valence-electron chi connectivity index (χ4n) is 1.86. The molecule has 5 nitrogen and oxygen atoms in total. The maximum Gasteiger partial charge on any atom is 0.326 e. The van der Waals surface area contributed by atoms with Crippen molar-refractivity contribution < 1.29 is 17.9 Å². The third-order valence-electron chi connectivity index (χ3n) is 3.00. The molecule has 0 aliphatic carbocycles. The van der Waals surface area contributed by atoms with E-state index in [-0.39, 0.29) is 10.6 Å². The van der Waals surface area contributed by atoms with Gasteiger partial charge in [0, 0.05) is 9.50 Å². The fourth-order valence-corrected chi connectivity index (χ4v) is 3.71. The number of carbonyl (C=O) groups is 1. The molecule has 2 aromatic carbocycles. The van der Waals surface area contributed by atoms with Crippen LogP contribution in [0.4, 0.5) is 5.69 Å². The molecule has 0 N–H and O–H groups in total. The SMILES string of the molecule is COC(=O)CN(c1cccc(Cl)c1)S(=O)(=O)c1ccc(Br)cc1. The number of benzene rings is 2. The van der Waals surface area contributed by atoms with E-state index in [0.717, 1.165) is 8.78 Å². The summed E-state index contributed by atoms with van der Waals surface area (Å²) in [5.41, 5.74) is 0.283. The molecule has 0 heterocycles. The summed E-state index contributed by atoms with van der Waals surface area (Å²) < 4.78 is 32.0. The normalized spacial score (nSPS) is 11.1. The molecule has 0 fully saturated rings. The number of carbonyl (C=O) groups excluding carboxylic acids is 1. The predicted molar refractivity (Wildman–Crippen MR) is 92.1 cm³/mol. The van der Waals surface area contributed by atoms with Crippen molar-refractivity contribution in [3.05, 3.63) is 58.0 Å². The summed E-state index contributed by atoms with van der Waals surface area (Å²) in [7, 11) is -2.74. The second kappa shape index (κ2) is 7.33. The average molecular weight is 419 g/mol. The lowest BCUT2D eigenvalue weighted by atomic mass is 10.3. The molecule has 0 unspecified atom stereocenters. The number of esters is 1. The van der Waals surface area contributed by atoms with Crippen molar-refractivity contribution in [1.82, 2.24) is 0 Å². The zero-order valence-corrected chi connectivity index (χ0v) is 15.2. The van der Waals surface area contributed by atoms with Crippen LogP contribution in [0.5, 0.6) is 0 Å². The van der Waals surface area contributed by atoms with Crippen molar-refractivity contribution in [3.8, 4) is 0 Å². The lowest BCUT2D eigenvalue weighted by Crippen LogP contribution is -2.36. The number of ether oxygens (including phenoxy) is 1. The van der Waals surface area contributed by atoms with Crippen molar-refractivity contribution >= 4 is 49.2 Å². The zero-order valence-electron chi connectivity index (χ0n) is 12.1. The van der Waals surface area contributed by atoms with Crippen molar-refractivity contribution in [2.24, 2.45) is 0 Å². The summed E-state index contributed by atoms with van der Waals surface area (Å²) in [5.74, 6) is -0.675. The number of hydrogen-bond donors (Lipinski definition) is 0. The first kappa shape index (κ1) is 17.8. The minimum atomic E-state index is -3.94. The van der Waals surface area contributed by atoms with Gasteiger partial charge in [0.15, 0.2) is 0 Å². The Bertz CT molecular complexity index is 808. The van der Waals surface area contributed by atoms with Gasteiger partial charge in [0.1, 0.15) is 6.54 Å². The van der Waals surface area contributed by atoms with Crippen LogP contribution < -0.4 is 4.31 Å². The molecule has 0 saturated carbocycles. The van der Waals surface area contributed by atoms with Gasteiger partial charge in [0.05, 0.1) is 17.7 Å². The lowest BCUT2D eigenvalue weighted by Gasteiger charge is -2.23. The topological polar surface area (TPSA) is 63.7 Å². The largest absolute Gasteiger partial charge is 0.468 e. The van der Waals surface area contributed by atoms with Crippen molar-refractivity contribution in [3.63, 3.8) is 0 Å². The van der Waals surface area contributed by atoms with Gasteiger partial charge in [-0.1, -0.05) is 33.6 Å². The van der Waals surface area contributed by atoms with E-state index in [1.807, 2.05) is 0 Å². The minimum Gasteiger partial charge on any atom is -0.468 e. The van der Waals surface area contributed by atoms with Crippen LogP contribution in [0.15, 0.2) is 57.9 Å². The summed E-state index contributed by atoms with van der Waals surface area (Å²) in [6, 6.07) is 12.4. The van der Waals surface area contributed by atoms with Crippen molar-refractivity contribution in [2.75, 3.05) is 18.0 Å². The van der Waals surface area contributed by atoms with E-state index in [4.69, 9.17) is 11.6 Å². The summed E-state index contributed by atoms with van der Waals surface area (Å²) in [5, 5.41) is 0.364. The summed E-state index contributed by atoms with van der Waals surface area (Å²) in [6.07, 6.45) is 0. The monoisotopic (exact) mass is 417 g/mol. The first-order chi connectivity index (χ1) is 10.8. The van der Waals surface area contributed by atoms with Gasteiger partial charge >= 0.3 is 5.97 Å². The molecule has 23 heavy (non-hydrogen) atoms. The third-order valence-corrected chi connectivity index (χ3v) is 5.55. The molecule has 8 heteroatoms. The number of anilines is 1. The molecule has 0 aromatic heterocycles. The fraction of sp³-hybridized carbons (Fsp3) is 0.133. The molecule has 122 valence electrons. The Morgan fingerprint density at radius 2 is 1.87 bits per heavy atom. The Hall–Kier alpha value is -1.57. The van der Waals surface area contributed by atoms with Gasteiger partial charge in [-0.25, -0.2) is 8.42 Å². The van der Waals surface area contributed by atoms with Crippen LogP contribution in [0.2, 0.25) is 5.02 Å². The summed E-state index contributed by atoms with van der Waals surface area (Å²) in [4.78, 5) is 11.7. The molecular formula is C15H13BrClNO4S. The number of hydrogen-bond acceptors (Lipinski definition) is 4. The van der Waals surface area contributed by atoms with E-state index in [0.29, 0.717) is 5.02 Å². The molecule has 0 aliphatic rings. The quantitative estimate of drug-likeness (QED) is 0.698. The van der Waals surface area contributed by atoms with Crippen LogP contribution in [0.3, 0.4) is 0 Å². The van der Waals surface area contributed by atoms with Crippen molar-refractivity contribution in [1.29, 1.82) is 0 Å². The predicted octanol–water partition coefficient (Wildman–Crippen LogP) is 3.47. The highest BCUT2D eigenvalue weighted by molar-refractivity contribution is 9.10. The molecule has 0 aliphatic heterocycles.